The SMILES string of the molecule is N#Cc1ccc(OCC(O)CNCCC2=CCCC2)cc1. The van der Waals surface area contributed by atoms with E-state index in [4.69, 9.17) is 10.00 Å². The van der Waals surface area contributed by atoms with Gasteiger partial charge in [0.2, 0.25) is 0 Å². The van der Waals surface area contributed by atoms with Crippen molar-refractivity contribution < 1.29 is 9.84 Å². The van der Waals surface area contributed by atoms with E-state index in [0.717, 1.165) is 13.0 Å². The van der Waals surface area contributed by atoms with Gasteiger partial charge in [0.15, 0.2) is 0 Å². The van der Waals surface area contributed by atoms with Crippen molar-refractivity contribution in [3.63, 3.8) is 0 Å². The van der Waals surface area contributed by atoms with Crippen LogP contribution >= 0.6 is 0 Å². The highest BCUT2D eigenvalue weighted by Crippen LogP contribution is 2.19. The molecule has 21 heavy (non-hydrogen) atoms. The number of nitrogens with zero attached hydrogens (tertiary/aromatic N) is 1. The van der Waals surface area contributed by atoms with Crippen LogP contribution in [-0.4, -0.2) is 30.9 Å². The van der Waals surface area contributed by atoms with E-state index >= 15 is 0 Å². The van der Waals surface area contributed by atoms with Crippen molar-refractivity contribution in [2.75, 3.05) is 19.7 Å². The summed E-state index contributed by atoms with van der Waals surface area (Å²) >= 11 is 0. The van der Waals surface area contributed by atoms with Gasteiger partial charge in [0, 0.05) is 6.54 Å². The average Bonchev–Trinajstić information content (AvgIpc) is 3.03. The summed E-state index contributed by atoms with van der Waals surface area (Å²) in [6, 6.07) is 8.95. The van der Waals surface area contributed by atoms with E-state index in [1.54, 1.807) is 24.3 Å². The van der Waals surface area contributed by atoms with Crippen LogP contribution in [0.3, 0.4) is 0 Å². The Hall–Kier alpha value is -1.83. The minimum atomic E-state index is -0.529. The van der Waals surface area contributed by atoms with Crippen LogP contribution in [0.25, 0.3) is 0 Å². The van der Waals surface area contributed by atoms with Crippen LogP contribution in [0.5, 0.6) is 5.75 Å². The molecule has 1 aliphatic rings. The van der Waals surface area contributed by atoms with E-state index in [0.29, 0.717) is 17.9 Å². The topological polar surface area (TPSA) is 65.3 Å². The van der Waals surface area contributed by atoms with Gasteiger partial charge in [0.1, 0.15) is 18.5 Å². The summed E-state index contributed by atoms with van der Waals surface area (Å²) in [6.07, 6.45) is 6.60. The molecule has 2 N–H and O–H groups in total. The monoisotopic (exact) mass is 286 g/mol. The minimum absolute atomic E-state index is 0.252. The summed E-state index contributed by atoms with van der Waals surface area (Å²) in [6.45, 7) is 1.69. The molecule has 112 valence electrons. The molecule has 1 aromatic carbocycles. The van der Waals surface area contributed by atoms with Gasteiger partial charge in [-0.05, 0) is 56.5 Å². The van der Waals surface area contributed by atoms with Crippen LogP contribution in [0, 0.1) is 11.3 Å². The minimum Gasteiger partial charge on any atom is -0.491 e. The highest BCUT2D eigenvalue weighted by Gasteiger charge is 2.07. The van der Waals surface area contributed by atoms with Crippen molar-refractivity contribution in [3.8, 4) is 11.8 Å². The van der Waals surface area contributed by atoms with Gasteiger partial charge in [0.25, 0.3) is 0 Å². The fraction of sp³-hybridized carbons (Fsp3) is 0.471. The van der Waals surface area contributed by atoms with Crippen LogP contribution in [0.2, 0.25) is 0 Å². The lowest BCUT2D eigenvalue weighted by atomic mass is 10.2. The average molecular weight is 286 g/mol. The second kappa shape index (κ2) is 8.46. The first-order chi connectivity index (χ1) is 10.3. The highest BCUT2D eigenvalue weighted by molar-refractivity contribution is 5.34. The molecule has 0 radical (unpaired) electrons. The van der Waals surface area contributed by atoms with Gasteiger partial charge in [-0.25, -0.2) is 0 Å². The number of rotatable bonds is 8. The summed E-state index contributed by atoms with van der Waals surface area (Å²) in [5.74, 6) is 0.671. The lowest BCUT2D eigenvalue weighted by Gasteiger charge is -2.13. The molecule has 0 saturated heterocycles. The number of allylic oxidation sites excluding steroid dienone is 1. The van der Waals surface area contributed by atoms with Crippen LogP contribution in [-0.2, 0) is 0 Å². The molecular weight excluding hydrogens is 264 g/mol. The number of hydrogen-bond donors (Lipinski definition) is 2. The largest absolute Gasteiger partial charge is 0.491 e. The standard InChI is InChI=1S/C17H22N2O2/c18-11-15-5-7-17(8-6-15)21-13-16(20)12-19-10-9-14-3-1-2-4-14/h3,5-8,16,19-20H,1-2,4,9-10,12-13H2. The molecule has 1 aromatic rings. The van der Waals surface area contributed by atoms with Crippen molar-refractivity contribution >= 4 is 0 Å². The fourth-order valence-corrected chi connectivity index (χ4v) is 2.36. The van der Waals surface area contributed by atoms with Gasteiger partial charge in [-0.2, -0.15) is 5.26 Å². The molecule has 4 nitrogen and oxygen atoms in total. The molecule has 2 rings (SSSR count). The van der Waals surface area contributed by atoms with Crippen LogP contribution < -0.4 is 10.1 Å². The Bertz CT molecular complexity index is 503. The van der Waals surface area contributed by atoms with E-state index < -0.39 is 6.10 Å². The van der Waals surface area contributed by atoms with Crippen molar-refractivity contribution in [2.45, 2.75) is 31.8 Å². The molecule has 4 heteroatoms. The van der Waals surface area contributed by atoms with Crippen molar-refractivity contribution in [3.05, 3.63) is 41.5 Å². The molecule has 1 atom stereocenters. The van der Waals surface area contributed by atoms with Gasteiger partial charge < -0.3 is 15.2 Å². The quantitative estimate of drug-likeness (QED) is 0.569. The predicted molar refractivity (Wildman–Crippen MR) is 82.1 cm³/mol. The molecule has 0 aromatic heterocycles. The number of ether oxygens (including phenoxy) is 1. The Kier molecular flexibility index (Phi) is 6.26. The van der Waals surface area contributed by atoms with Crippen molar-refractivity contribution in [2.24, 2.45) is 0 Å². The lowest BCUT2D eigenvalue weighted by molar-refractivity contribution is 0.106. The molecule has 0 heterocycles. The van der Waals surface area contributed by atoms with Gasteiger partial charge in [-0.15, -0.1) is 0 Å². The van der Waals surface area contributed by atoms with E-state index in [-0.39, 0.29) is 6.61 Å². The van der Waals surface area contributed by atoms with Crippen molar-refractivity contribution in [1.29, 1.82) is 5.26 Å². The molecule has 0 fully saturated rings. The Balaban J connectivity index is 1.58. The second-order valence-corrected chi connectivity index (χ2v) is 5.31. The molecule has 0 amide bonds. The summed E-state index contributed by atoms with van der Waals surface area (Å²) in [5, 5.41) is 21.8. The highest BCUT2D eigenvalue weighted by atomic mass is 16.5. The van der Waals surface area contributed by atoms with Gasteiger partial charge in [-0.3, -0.25) is 0 Å². The third kappa shape index (κ3) is 5.58. The predicted octanol–water partition coefficient (Wildman–Crippen LogP) is 2.39. The number of aliphatic hydroxyl groups is 1. The first-order valence-corrected chi connectivity index (χ1v) is 7.47. The normalized spacial score (nSPS) is 15.3. The maximum Gasteiger partial charge on any atom is 0.119 e. The van der Waals surface area contributed by atoms with Crippen molar-refractivity contribution in [1.82, 2.24) is 5.32 Å². The zero-order chi connectivity index (χ0) is 14.9. The molecule has 0 saturated carbocycles. The number of nitrogens with one attached hydrogen (secondary N) is 1. The Labute approximate surface area is 126 Å². The maximum absolute atomic E-state index is 9.85. The summed E-state index contributed by atoms with van der Waals surface area (Å²) in [5.41, 5.74) is 2.14. The molecule has 0 bridgehead atoms. The Morgan fingerprint density at radius 1 is 1.33 bits per heavy atom. The van der Waals surface area contributed by atoms with E-state index in [9.17, 15) is 5.11 Å². The van der Waals surface area contributed by atoms with Crippen LogP contribution in [0.15, 0.2) is 35.9 Å². The summed E-state index contributed by atoms with van der Waals surface area (Å²) in [7, 11) is 0. The third-order valence-electron chi connectivity index (χ3n) is 3.56. The number of nitriles is 1. The van der Waals surface area contributed by atoms with Crippen LogP contribution in [0.4, 0.5) is 0 Å². The first-order valence-electron chi connectivity index (χ1n) is 7.47. The Morgan fingerprint density at radius 3 is 2.81 bits per heavy atom. The number of aliphatic hydroxyl groups excluding tert-OH is 1. The smallest absolute Gasteiger partial charge is 0.119 e. The summed E-state index contributed by atoms with van der Waals surface area (Å²) in [4.78, 5) is 0. The maximum atomic E-state index is 9.85. The lowest BCUT2D eigenvalue weighted by Crippen LogP contribution is -2.32. The molecule has 0 aliphatic heterocycles. The first kappa shape index (κ1) is 15.6. The van der Waals surface area contributed by atoms with Gasteiger partial charge in [0.05, 0.1) is 11.6 Å². The molecule has 0 spiro atoms. The summed E-state index contributed by atoms with van der Waals surface area (Å²) < 4.78 is 5.49. The Morgan fingerprint density at radius 2 is 2.14 bits per heavy atom. The zero-order valence-corrected chi connectivity index (χ0v) is 12.2. The number of hydrogen-bond acceptors (Lipinski definition) is 4. The van der Waals surface area contributed by atoms with Gasteiger partial charge >= 0.3 is 0 Å². The third-order valence-corrected chi connectivity index (χ3v) is 3.56. The fourth-order valence-electron chi connectivity index (χ4n) is 2.36. The van der Waals surface area contributed by atoms with E-state index in [1.807, 2.05) is 0 Å². The molecule has 1 unspecified atom stereocenters. The van der Waals surface area contributed by atoms with Gasteiger partial charge in [-0.1, -0.05) is 11.6 Å². The molecular formula is C17H22N2O2. The molecule has 1 aliphatic carbocycles. The van der Waals surface area contributed by atoms with E-state index in [1.165, 1.54) is 24.8 Å². The second-order valence-electron chi connectivity index (χ2n) is 5.31. The van der Waals surface area contributed by atoms with E-state index in [2.05, 4.69) is 17.5 Å². The zero-order valence-electron chi connectivity index (χ0n) is 12.2. The van der Waals surface area contributed by atoms with Crippen LogP contribution in [0.1, 0.15) is 31.2 Å². The number of benzene rings is 1.